The van der Waals surface area contributed by atoms with Crippen LogP contribution in [0.25, 0.3) is 0 Å². The molecule has 0 unspecified atom stereocenters. The topological polar surface area (TPSA) is 74.7 Å². The van der Waals surface area contributed by atoms with Gasteiger partial charge in [-0.1, -0.05) is 30.3 Å². The number of aromatic nitrogens is 2. The van der Waals surface area contributed by atoms with Gasteiger partial charge in [-0.15, -0.1) is 10.2 Å². The molecule has 0 fully saturated rings. The van der Waals surface area contributed by atoms with Gasteiger partial charge in [-0.2, -0.15) is 5.26 Å². The summed E-state index contributed by atoms with van der Waals surface area (Å²) in [7, 11) is 0. The zero-order valence-electron chi connectivity index (χ0n) is 11.9. The second-order valence-corrected chi connectivity index (χ2v) is 4.79. The molecule has 0 saturated heterocycles. The van der Waals surface area contributed by atoms with Gasteiger partial charge < -0.3 is 9.73 Å². The van der Waals surface area contributed by atoms with E-state index < -0.39 is 0 Å². The van der Waals surface area contributed by atoms with Crippen LogP contribution in [0.1, 0.15) is 22.9 Å². The molecular formula is C17H14N4O. The standard InChI is InChI=1S/C17H14N4O/c18-11-14-6-8-15(9-7-14)19-12-17-21-20-16(22-17)10-13-4-2-1-3-5-13/h1-9,19H,10,12H2. The summed E-state index contributed by atoms with van der Waals surface area (Å²) in [5, 5.41) is 20.0. The van der Waals surface area contributed by atoms with Crippen molar-refractivity contribution in [2.24, 2.45) is 0 Å². The Hall–Kier alpha value is -3.13. The van der Waals surface area contributed by atoms with Crippen LogP contribution >= 0.6 is 0 Å². The molecule has 3 rings (SSSR count). The van der Waals surface area contributed by atoms with Gasteiger partial charge in [0.2, 0.25) is 11.8 Å². The number of benzene rings is 2. The molecule has 3 aromatic rings. The van der Waals surface area contributed by atoms with Crippen LogP contribution in [0.3, 0.4) is 0 Å². The third-order valence-electron chi connectivity index (χ3n) is 3.16. The lowest BCUT2D eigenvalue weighted by Crippen LogP contribution is -1.99. The van der Waals surface area contributed by atoms with Crippen molar-refractivity contribution in [3.05, 3.63) is 77.5 Å². The summed E-state index contributed by atoms with van der Waals surface area (Å²) in [5.41, 5.74) is 2.67. The fraction of sp³-hybridized carbons (Fsp3) is 0.118. The Morgan fingerprint density at radius 2 is 1.68 bits per heavy atom. The molecule has 0 amide bonds. The minimum absolute atomic E-state index is 0.452. The van der Waals surface area contributed by atoms with Gasteiger partial charge in [0.25, 0.3) is 0 Å². The van der Waals surface area contributed by atoms with Crippen molar-refractivity contribution in [2.45, 2.75) is 13.0 Å². The van der Waals surface area contributed by atoms with E-state index in [1.807, 2.05) is 42.5 Å². The molecule has 0 spiro atoms. The number of anilines is 1. The summed E-state index contributed by atoms with van der Waals surface area (Å²) >= 11 is 0. The second kappa shape index (κ2) is 6.55. The Morgan fingerprint density at radius 1 is 0.955 bits per heavy atom. The molecule has 22 heavy (non-hydrogen) atoms. The first kappa shape index (κ1) is 13.8. The number of hydrogen-bond donors (Lipinski definition) is 1. The molecule has 1 N–H and O–H groups in total. The Balaban J connectivity index is 1.58. The third kappa shape index (κ3) is 3.49. The normalized spacial score (nSPS) is 10.1. The molecule has 0 atom stereocenters. The Kier molecular flexibility index (Phi) is 4.12. The van der Waals surface area contributed by atoms with E-state index in [0.29, 0.717) is 30.3 Å². The molecule has 2 aromatic carbocycles. The van der Waals surface area contributed by atoms with Gasteiger partial charge in [-0.3, -0.25) is 0 Å². The van der Waals surface area contributed by atoms with Crippen LogP contribution in [-0.4, -0.2) is 10.2 Å². The largest absolute Gasteiger partial charge is 0.423 e. The number of hydrogen-bond acceptors (Lipinski definition) is 5. The molecule has 1 aromatic heterocycles. The Bertz CT molecular complexity index is 772. The predicted octanol–water partition coefficient (Wildman–Crippen LogP) is 3.14. The van der Waals surface area contributed by atoms with E-state index in [1.54, 1.807) is 12.1 Å². The maximum Gasteiger partial charge on any atom is 0.235 e. The summed E-state index contributed by atoms with van der Waals surface area (Å²) in [4.78, 5) is 0. The zero-order chi connectivity index (χ0) is 15.2. The molecular weight excluding hydrogens is 276 g/mol. The average Bonchev–Trinajstić information content (AvgIpc) is 3.02. The highest BCUT2D eigenvalue weighted by Gasteiger charge is 2.06. The quantitative estimate of drug-likeness (QED) is 0.781. The van der Waals surface area contributed by atoms with Crippen LogP contribution < -0.4 is 5.32 Å². The summed E-state index contributed by atoms with van der Waals surface area (Å²) in [6.07, 6.45) is 0.630. The van der Waals surface area contributed by atoms with Crippen molar-refractivity contribution < 1.29 is 4.42 Å². The summed E-state index contributed by atoms with van der Waals surface area (Å²) in [6.45, 7) is 0.452. The monoisotopic (exact) mass is 290 g/mol. The van der Waals surface area contributed by atoms with E-state index in [1.165, 1.54) is 0 Å². The smallest absolute Gasteiger partial charge is 0.235 e. The fourth-order valence-electron chi connectivity index (χ4n) is 2.04. The van der Waals surface area contributed by atoms with Crippen LogP contribution in [0.4, 0.5) is 5.69 Å². The molecule has 0 bridgehead atoms. The van der Waals surface area contributed by atoms with Gasteiger partial charge >= 0.3 is 0 Å². The molecule has 0 saturated carbocycles. The molecule has 1 heterocycles. The predicted molar refractivity (Wildman–Crippen MR) is 82.0 cm³/mol. The van der Waals surface area contributed by atoms with Gasteiger partial charge in [-0.25, -0.2) is 0 Å². The van der Waals surface area contributed by atoms with Crippen LogP contribution in [0.5, 0.6) is 0 Å². The maximum atomic E-state index is 8.76. The molecule has 5 heteroatoms. The molecule has 0 aliphatic rings. The number of nitrogens with zero attached hydrogens (tertiary/aromatic N) is 3. The molecule has 0 aliphatic carbocycles. The first-order chi connectivity index (χ1) is 10.8. The summed E-state index contributed by atoms with van der Waals surface area (Å²) < 4.78 is 5.62. The van der Waals surface area contributed by atoms with Gasteiger partial charge in [0.1, 0.15) is 0 Å². The lowest BCUT2D eigenvalue weighted by Gasteiger charge is -2.02. The zero-order valence-corrected chi connectivity index (χ0v) is 11.9. The van der Waals surface area contributed by atoms with E-state index >= 15 is 0 Å². The first-order valence-corrected chi connectivity index (χ1v) is 6.93. The number of nitriles is 1. The van der Waals surface area contributed by atoms with Gasteiger partial charge in [0, 0.05) is 5.69 Å². The van der Waals surface area contributed by atoms with E-state index in [9.17, 15) is 0 Å². The van der Waals surface area contributed by atoms with Crippen LogP contribution in [-0.2, 0) is 13.0 Å². The molecule has 5 nitrogen and oxygen atoms in total. The minimum Gasteiger partial charge on any atom is -0.423 e. The van der Waals surface area contributed by atoms with Gasteiger partial charge in [0.05, 0.1) is 24.6 Å². The molecule has 0 radical (unpaired) electrons. The maximum absolute atomic E-state index is 8.76. The third-order valence-corrected chi connectivity index (χ3v) is 3.16. The SMILES string of the molecule is N#Cc1ccc(NCc2nnc(Cc3ccccc3)o2)cc1. The first-order valence-electron chi connectivity index (χ1n) is 6.93. The van der Waals surface area contributed by atoms with Crippen LogP contribution in [0.15, 0.2) is 59.0 Å². The van der Waals surface area contributed by atoms with Crippen molar-refractivity contribution in [1.29, 1.82) is 5.26 Å². The minimum atomic E-state index is 0.452. The Morgan fingerprint density at radius 3 is 2.41 bits per heavy atom. The van der Waals surface area contributed by atoms with E-state index in [4.69, 9.17) is 9.68 Å². The lowest BCUT2D eigenvalue weighted by atomic mass is 10.2. The summed E-state index contributed by atoms with van der Waals surface area (Å²) in [6, 6.07) is 19.3. The highest BCUT2D eigenvalue weighted by molar-refractivity contribution is 5.47. The molecule has 0 aliphatic heterocycles. The number of rotatable bonds is 5. The van der Waals surface area contributed by atoms with E-state index in [2.05, 4.69) is 21.6 Å². The van der Waals surface area contributed by atoms with Crippen molar-refractivity contribution in [2.75, 3.05) is 5.32 Å². The fourth-order valence-corrected chi connectivity index (χ4v) is 2.04. The second-order valence-electron chi connectivity index (χ2n) is 4.79. The lowest BCUT2D eigenvalue weighted by molar-refractivity contribution is 0.464. The van der Waals surface area contributed by atoms with Crippen molar-refractivity contribution >= 4 is 5.69 Å². The van der Waals surface area contributed by atoms with E-state index in [-0.39, 0.29) is 0 Å². The van der Waals surface area contributed by atoms with Crippen molar-refractivity contribution in [3.8, 4) is 6.07 Å². The Labute approximate surface area is 128 Å². The van der Waals surface area contributed by atoms with Crippen LogP contribution in [0, 0.1) is 11.3 Å². The van der Waals surface area contributed by atoms with Crippen LogP contribution in [0.2, 0.25) is 0 Å². The van der Waals surface area contributed by atoms with Gasteiger partial charge in [0.15, 0.2) is 0 Å². The molecule has 108 valence electrons. The average molecular weight is 290 g/mol. The highest BCUT2D eigenvalue weighted by atomic mass is 16.4. The van der Waals surface area contributed by atoms with Crippen molar-refractivity contribution in [3.63, 3.8) is 0 Å². The highest BCUT2D eigenvalue weighted by Crippen LogP contribution is 2.12. The number of nitrogens with one attached hydrogen (secondary N) is 1. The van der Waals surface area contributed by atoms with E-state index in [0.717, 1.165) is 11.3 Å². The van der Waals surface area contributed by atoms with Gasteiger partial charge in [-0.05, 0) is 29.8 Å². The van der Waals surface area contributed by atoms with Crippen molar-refractivity contribution in [1.82, 2.24) is 10.2 Å². The summed E-state index contributed by atoms with van der Waals surface area (Å²) in [5.74, 6) is 1.14.